The van der Waals surface area contributed by atoms with Crippen molar-refractivity contribution in [1.82, 2.24) is 0 Å². The molecule has 4 saturated heterocycles. The van der Waals surface area contributed by atoms with Gasteiger partial charge in [0.1, 0.15) is 0 Å². The molecule has 0 aromatic rings. The lowest BCUT2D eigenvalue weighted by Crippen LogP contribution is -2.69. The second kappa shape index (κ2) is 5.76. The average molecular weight is 338 g/mol. The number of carbonyl (C=O) groups excluding carboxylic acids is 1. The molecule has 1 saturated carbocycles. The Labute approximate surface area is 144 Å². The molecule has 1 aliphatic carbocycles. The van der Waals surface area contributed by atoms with E-state index in [1.807, 2.05) is 0 Å². The number of rotatable bonds is 3. The van der Waals surface area contributed by atoms with E-state index >= 15 is 0 Å². The molecule has 5 heteroatoms. The molecule has 5 fully saturated rings. The van der Waals surface area contributed by atoms with E-state index in [0.717, 1.165) is 19.3 Å². The largest absolute Gasteiger partial charge is 0.349 e. The van der Waals surface area contributed by atoms with Crippen molar-refractivity contribution < 1.29 is 24.0 Å². The smallest absolute Gasteiger partial charge is 0.260 e. The molecule has 0 amide bonds. The standard InChI is InChI=1S/C19H30O5/c1-11(2)5-7-13-10-21-17-19-14(13)8-6-12(3)15(19)9-16(20)18(4,22-17)23-24-19/h11-15,17H,5-10H2,1-4H3. The van der Waals surface area contributed by atoms with Crippen LogP contribution in [-0.4, -0.2) is 30.1 Å². The zero-order valence-corrected chi connectivity index (χ0v) is 15.2. The minimum Gasteiger partial charge on any atom is -0.349 e. The number of Topliss-reactive ketones (excluding diaryl/α,β-unsaturated/α-hetero) is 1. The van der Waals surface area contributed by atoms with Gasteiger partial charge in [0.2, 0.25) is 0 Å². The van der Waals surface area contributed by atoms with Crippen molar-refractivity contribution in [2.45, 2.75) is 77.5 Å². The number of ether oxygens (including phenoxy) is 2. The average Bonchev–Trinajstić information content (AvgIpc) is 2.71. The highest BCUT2D eigenvalue weighted by Gasteiger charge is 2.70. The van der Waals surface area contributed by atoms with Gasteiger partial charge in [-0.2, -0.15) is 4.89 Å². The van der Waals surface area contributed by atoms with Crippen LogP contribution in [0.2, 0.25) is 0 Å². The van der Waals surface area contributed by atoms with E-state index in [1.165, 1.54) is 6.42 Å². The first-order valence-corrected chi connectivity index (χ1v) is 9.56. The van der Waals surface area contributed by atoms with Crippen LogP contribution in [-0.2, 0) is 24.0 Å². The fraction of sp³-hybridized carbons (Fsp3) is 0.947. The fourth-order valence-corrected chi connectivity index (χ4v) is 5.35. The molecule has 0 aromatic carbocycles. The van der Waals surface area contributed by atoms with Gasteiger partial charge in [-0.25, -0.2) is 4.89 Å². The molecular formula is C19H30O5. The SMILES string of the molecule is CC(C)CCC1COC2OC3(C)OOC24C(CC3=O)C(C)CCC14. The second-order valence-corrected chi connectivity index (χ2v) is 8.88. The van der Waals surface area contributed by atoms with E-state index < -0.39 is 17.7 Å². The summed E-state index contributed by atoms with van der Waals surface area (Å²) in [6.07, 6.45) is 4.52. The Morgan fingerprint density at radius 1 is 1.21 bits per heavy atom. The van der Waals surface area contributed by atoms with E-state index in [1.54, 1.807) is 6.92 Å². The molecule has 7 unspecified atom stereocenters. The minimum absolute atomic E-state index is 0.0198. The highest BCUT2D eigenvalue weighted by atomic mass is 17.3. The maximum absolute atomic E-state index is 12.7. The lowest BCUT2D eigenvalue weighted by atomic mass is 9.57. The van der Waals surface area contributed by atoms with E-state index in [9.17, 15) is 4.79 Å². The maximum atomic E-state index is 12.7. The minimum atomic E-state index is -1.32. The van der Waals surface area contributed by atoms with Crippen LogP contribution in [0.5, 0.6) is 0 Å². The molecule has 5 aliphatic rings. The van der Waals surface area contributed by atoms with E-state index in [4.69, 9.17) is 19.2 Å². The third kappa shape index (κ3) is 2.32. The fourth-order valence-electron chi connectivity index (χ4n) is 5.35. The number of carbonyl (C=O) groups is 1. The van der Waals surface area contributed by atoms with Crippen molar-refractivity contribution in [1.29, 1.82) is 0 Å². The van der Waals surface area contributed by atoms with Crippen LogP contribution in [0.3, 0.4) is 0 Å². The molecule has 5 nitrogen and oxygen atoms in total. The first-order valence-electron chi connectivity index (χ1n) is 9.56. The molecule has 4 heterocycles. The highest BCUT2D eigenvalue weighted by Crippen LogP contribution is 2.59. The van der Waals surface area contributed by atoms with Gasteiger partial charge in [-0.1, -0.05) is 27.2 Å². The van der Waals surface area contributed by atoms with Crippen LogP contribution < -0.4 is 0 Å². The van der Waals surface area contributed by atoms with Gasteiger partial charge in [0.25, 0.3) is 5.79 Å². The van der Waals surface area contributed by atoms with Crippen LogP contribution in [0.25, 0.3) is 0 Å². The van der Waals surface area contributed by atoms with Crippen LogP contribution in [0.1, 0.15) is 59.8 Å². The summed E-state index contributed by atoms with van der Waals surface area (Å²) >= 11 is 0. The predicted molar refractivity (Wildman–Crippen MR) is 86.7 cm³/mol. The number of fused-ring (bicyclic) bond motifs is 2. The molecule has 136 valence electrons. The Hall–Kier alpha value is -0.490. The Bertz CT molecular complexity index is 520. The summed E-state index contributed by atoms with van der Waals surface area (Å²) in [7, 11) is 0. The molecule has 24 heavy (non-hydrogen) atoms. The molecule has 0 radical (unpaired) electrons. The van der Waals surface area contributed by atoms with Gasteiger partial charge in [0.05, 0.1) is 6.61 Å². The highest BCUT2D eigenvalue weighted by molar-refractivity contribution is 5.86. The first kappa shape index (κ1) is 17.0. The molecule has 7 atom stereocenters. The molecule has 4 aliphatic heterocycles. The van der Waals surface area contributed by atoms with Crippen molar-refractivity contribution in [3.05, 3.63) is 0 Å². The van der Waals surface area contributed by atoms with Gasteiger partial charge in [0, 0.05) is 25.2 Å². The predicted octanol–water partition coefficient (Wildman–Crippen LogP) is 3.46. The van der Waals surface area contributed by atoms with Crippen molar-refractivity contribution in [3.63, 3.8) is 0 Å². The van der Waals surface area contributed by atoms with Gasteiger partial charge in [0.15, 0.2) is 17.7 Å². The normalized spacial score (nSPS) is 50.7. The molecule has 5 rings (SSSR count). The second-order valence-electron chi connectivity index (χ2n) is 8.88. The molecule has 1 spiro atoms. The van der Waals surface area contributed by atoms with Crippen molar-refractivity contribution in [2.24, 2.45) is 29.6 Å². The lowest BCUT2D eigenvalue weighted by molar-refractivity contribution is -0.558. The van der Waals surface area contributed by atoms with Gasteiger partial charge in [-0.15, -0.1) is 0 Å². The molecular weight excluding hydrogens is 308 g/mol. The zero-order chi connectivity index (χ0) is 17.1. The summed E-state index contributed by atoms with van der Waals surface area (Å²) in [5.74, 6) is 0.649. The van der Waals surface area contributed by atoms with Crippen LogP contribution in [0.15, 0.2) is 0 Å². The maximum Gasteiger partial charge on any atom is 0.260 e. The Morgan fingerprint density at radius 3 is 2.75 bits per heavy atom. The topological polar surface area (TPSA) is 54.0 Å². The summed E-state index contributed by atoms with van der Waals surface area (Å²) in [4.78, 5) is 24.3. The number of ketones is 1. The van der Waals surface area contributed by atoms with Crippen molar-refractivity contribution in [3.8, 4) is 0 Å². The number of hydrogen-bond donors (Lipinski definition) is 0. The van der Waals surface area contributed by atoms with Crippen molar-refractivity contribution >= 4 is 5.78 Å². The third-order valence-electron chi connectivity index (χ3n) is 6.88. The van der Waals surface area contributed by atoms with E-state index in [2.05, 4.69) is 20.8 Å². The summed E-state index contributed by atoms with van der Waals surface area (Å²) in [5.41, 5.74) is -0.622. The summed E-state index contributed by atoms with van der Waals surface area (Å²) in [6.45, 7) is 9.10. The third-order valence-corrected chi connectivity index (χ3v) is 6.88. The van der Waals surface area contributed by atoms with Gasteiger partial charge in [-0.05, 0) is 37.0 Å². The molecule has 2 bridgehead atoms. The van der Waals surface area contributed by atoms with Crippen molar-refractivity contribution in [2.75, 3.05) is 6.61 Å². The summed E-state index contributed by atoms with van der Waals surface area (Å²) < 4.78 is 12.2. The van der Waals surface area contributed by atoms with E-state index in [0.29, 0.717) is 36.7 Å². The Morgan fingerprint density at radius 2 is 2.00 bits per heavy atom. The first-order chi connectivity index (χ1) is 11.4. The molecule has 0 N–H and O–H groups in total. The van der Waals surface area contributed by atoms with Gasteiger partial charge >= 0.3 is 0 Å². The van der Waals surface area contributed by atoms with Crippen LogP contribution in [0, 0.1) is 29.6 Å². The molecule has 0 aromatic heterocycles. The zero-order valence-electron chi connectivity index (χ0n) is 15.2. The lowest BCUT2D eigenvalue weighted by Gasteiger charge is -2.59. The monoisotopic (exact) mass is 338 g/mol. The van der Waals surface area contributed by atoms with E-state index in [-0.39, 0.29) is 11.7 Å². The van der Waals surface area contributed by atoms with Crippen LogP contribution in [0.4, 0.5) is 0 Å². The van der Waals surface area contributed by atoms with Gasteiger partial charge in [-0.3, -0.25) is 4.79 Å². The van der Waals surface area contributed by atoms with Gasteiger partial charge < -0.3 is 9.47 Å². The quantitative estimate of drug-likeness (QED) is 0.738. The summed E-state index contributed by atoms with van der Waals surface area (Å²) in [6, 6.07) is 0. The Kier molecular flexibility index (Phi) is 4.07. The Balaban J connectivity index is 1.70. The van der Waals surface area contributed by atoms with Crippen LogP contribution >= 0.6 is 0 Å². The summed E-state index contributed by atoms with van der Waals surface area (Å²) in [5, 5.41) is 0. The number of hydrogen-bond acceptors (Lipinski definition) is 5.